The average Bonchev–Trinajstić information content (AvgIpc) is 3.56. The fraction of sp³-hybridized carbons (Fsp3) is 0.308. The van der Waals surface area contributed by atoms with Gasteiger partial charge in [0.15, 0.2) is 5.78 Å². The van der Waals surface area contributed by atoms with Crippen molar-refractivity contribution in [1.29, 1.82) is 0 Å². The van der Waals surface area contributed by atoms with Gasteiger partial charge in [0, 0.05) is 11.1 Å². The van der Waals surface area contributed by atoms with E-state index in [0.29, 0.717) is 62.5 Å². The number of halogens is 3. The maximum atomic E-state index is 15.0. The number of rotatable bonds is 8. The summed E-state index contributed by atoms with van der Waals surface area (Å²) < 4.78 is 42.0. The fourth-order valence-electron chi connectivity index (χ4n) is 7.04. The first kappa shape index (κ1) is 33.0. The molecule has 0 saturated heterocycles. The number of carbonyl (C=O) groups is 2. The van der Waals surface area contributed by atoms with Gasteiger partial charge in [0.05, 0.1) is 22.8 Å². The number of benzene rings is 4. The quantitative estimate of drug-likeness (QED) is 0.130. The Morgan fingerprint density at radius 3 is 2.35 bits per heavy atom. The number of anilines is 1. The van der Waals surface area contributed by atoms with E-state index < -0.39 is 24.5 Å². The number of nitrogens with zero attached hydrogens (tertiary/aromatic N) is 2. The molecule has 0 saturated carbocycles. The summed E-state index contributed by atoms with van der Waals surface area (Å²) in [6.07, 6.45) is -2.56. The molecule has 1 amide bonds. The third-order valence-electron chi connectivity index (χ3n) is 9.13. The van der Waals surface area contributed by atoms with Gasteiger partial charge in [-0.1, -0.05) is 88.7 Å². The number of fused-ring (bicyclic) bond motifs is 4. The van der Waals surface area contributed by atoms with Crippen molar-refractivity contribution in [3.63, 3.8) is 0 Å². The molecule has 1 aliphatic rings. The number of ketones is 1. The summed E-state index contributed by atoms with van der Waals surface area (Å²) in [5.41, 5.74) is 13.6. The molecule has 5 aromatic rings. The van der Waals surface area contributed by atoms with Crippen LogP contribution in [0.5, 0.6) is 0 Å². The van der Waals surface area contributed by atoms with Crippen LogP contribution >= 0.6 is 0 Å². The largest absolute Gasteiger partial charge is 0.405 e. The molecule has 0 bridgehead atoms. The van der Waals surface area contributed by atoms with Crippen molar-refractivity contribution in [1.82, 2.24) is 14.9 Å². The van der Waals surface area contributed by atoms with E-state index in [1.54, 1.807) is 18.2 Å². The van der Waals surface area contributed by atoms with E-state index in [2.05, 4.69) is 33.0 Å². The zero-order chi connectivity index (χ0) is 34.5. The summed E-state index contributed by atoms with van der Waals surface area (Å²) in [6.45, 7) is 8.64. The van der Waals surface area contributed by atoms with E-state index in [0.717, 1.165) is 29.5 Å². The number of nitrogens with two attached hydrogens (primary N) is 1. The van der Waals surface area contributed by atoms with Crippen molar-refractivity contribution in [3.05, 3.63) is 112 Å². The number of aromatic nitrogens is 2. The molecule has 1 aliphatic carbocycles. The second-order valence-corrected chi connectivity index (χ2v) is 13.5. The van der Waals surface area contributed by atoms with Gasteiger partial charge in [0.25, 0.3) is 0 Å². The molecule has 6 rings (SSSR count). The minimum Gasteiger partial charge on any atom is -0.397 e. The molecule has 6 nitrogen and oxygen atoms in total. The van der Waals surface area contributed by atoms with Crippen LogP contribution in [0.4, 0.5) is 18.9 Å². The molecule has 0 fully saturated rings. The summed E-state index contributed by atoms with van der Waals surface area (Å²) in [7, 11) is 0. The molecule has 4 aromatic carbocycles. The summed E-state index contributed by atoms with van der Waals surface area (Å²) >= 11 is 0. The summed E-state index contributed by atoms with van der Waals surface area (Å²) in [5.74, 6) is -1.35. The molecule has 3 N–H and O–H groups in total. The van der Waals surface area contributed by atoms with Crippen molar-refractivity contribution in [2.24, 2.45) is 0 Å². The average molecular weight is 653 g/mol. The van der Waals surface area contributed by atoms with E-state index >= 15 is 4.79 Å². The SMILES string of the molecule is CCCCc1c2c(cc(C(=O)c3ccccc3C(C)(C)C)c1-n1c(C)nc3c(N)cccc31)-c1ccccc1C2C(=O)NCC(F)(F)F. The number of aryl methyl sites for hydroxylation is 1. The van der Waals surface area contributed by atoms with Crippen molar-refractivity contribution < 1.29 is 22.8 Å². The number of carbonyl (C=O) groups excluding carboxylic acids is 2. The third kappa shape index (κ3) is 5.76. The normalized spacial score (nSPS) is 14.2. The first-order chi connectivity index (χ1) is 22.7. The van der Waals surface area contributed by atoms with E-state index in [4.69, 9.17) is 10.7 Å². The van der Waals surface area contributed by atoms with E-state index in [-0.39, 0.29) is 11.2 Å². The number of para-hydroxylation sites is 1. The van der Waals surface area contributed by atoms with Gasteiger partial charge < -0.3 is 11.1 Å². The Kier molecular flexibility index (Phi) is 8.43. The molecule has 1 unspecified atom stereocenters. The Balaban J connectivity index is 1.74. The third-order valence-corrected chi connectivity index (χ3v) is 9.13. The van der Waals surface area contributed by atoms with Gasteiger partial charge in [0.2, 0.25) is 5.91 Å². The predicted molar refractivity (Wildman–Crippen MR) is 184 cm³/mol. The highest BCUT2D eigenvalue weighted by atomic mass is 19.4. The molecule has 1 aromatic heterocycles. The van der Waals surface area contributed by atoms with Crippen LogP contribution in [-0.2, 0) is 16.6 Å². The Labute approximate surface area is 278 Å². The second-order valence-electron chi connectivity index (χ2n) is 13.5. The van der Waals surface area contributed by atoms with Gasteiger partial charge in [-0.05, 0) is 76.8 Å². The molecule has 1 atom stereocenters. The summed E-state index contributed by atoms with van der Waals surface area (Å²) in [6, 6.07) is 22.2. The van der Waals surface area contributed by atoms with Crippen LogP contribution in [0.1, 0.15) is 90.5 Å². The molecule has 248 valence electrons. The molecular weight excluding hydrogens is 613 g/mol. The van der Waals surface area contributed by atoms with Crippen LogP contribution in [0.15, 0.2) is 72.8 Å². The first-order valence-corrected chi connectivity index (χ1v) is 16.2. The maximum Gasteiger partial charge on any atom is 0.405 e. The zero-order valence-electron chi connectivity index (χ0n) is 27.8. The van der Waals surface area contributed by atoms with Gasteiger partial charge >= 0.3 is 6.18 Å². The second kappa shape index (κ2) is 12.3. The van der Waals surface area contributed by atoms with Gasteiger partial charge in [-0.15, -0.1) is 0 Å². The monoisotopic (exact) mass is 652 g/mol. The topological polar surface area (TPSA) is 90.0 Å². The van der Waals surface area contributed by atoms with Crippen molar-refractivity contribution in [2.75, 3.05) is 12.3 Å². The van der Waals surface area contributed by atoms with Crippen LogP contribution in [-0.4, -0.2) is 34.0 Å². The lowest BCUT2D eigenvalue weighted by Gasteiger charge is -2.26. The van der Waals surface area contributed by atoms with Gasteiger partial charge in [-0.2, -0.15) is 13.2 Å². The van der Waals surface area contributed by atoms with E-state index in [9.17, 15) is 18.0 Å². The lowest BCUT2D eigenvalue weighted by molar-refractivity contribution is -0.138. The molecule has 1 heterocycles. The van der Waals surface area contributed by atoms with E-state index in [1.165, 1.54) is 0 Å². The molecule has 0 aliphatic heterocycles. The summed E-state index contributed by atoms with van der Waals surface area (Å²) in [4.78, 5) is 33.7. The van der Waals surface area contributed by atoms with Gasteiger partial charge in [-0.25, -0.2) is 4.98 Å². The Hall–Kier alpha value is -4.92. The lowest BCUT2D eigenvalue weighted by Crippen LogP contribution is -2.37. The number of nitrogen functional groups attached to an aromatic ring is 1. The Morgan fingerprint density at radius 2 is 1.65 bits per heavy atom. The van der Waals surface area contributed by atoms with Crippen LogP contribution in [0.3, 0.4) is 0 Å². The van der Waals surface area contributed by atoms with Crippen LogP contribution in [0.25, 0.3) is 27.8 Å². The van der Waals surface area contributed by atoms with Crippen LogP contribution < -0.4 is 11.1 Å². The van der Waals surface area contributed by atoms with Crippen molar-refractivity contribution in [3.8, 4) is 16.8 Å². The highest BCUT2D eigenvalue weighted by molar-refractivity contribution is 6.14. The number of hydrogen-bond donors (Lipinski definition) is 2. The standard InChI is InChI=1S/C39H39F3N4O2/c1-6-7-13-26-32-27(23-14-8-9-15-24(23)33(32)37(48)44-21-39(40,41)42)20-28(36(47)25-16-10-11-17-29(25)38(3,4)5)35(26)46-22(2)45-34-30(43)18-12-19-31(34)46/h8-12,14-20,33H,6-7,13,21,43H2,1-5H3,(H,44,48). The molecule has 48 heavy (non-hydrogen) atoms. The number of hydrogen-bond acceptors (Lipinski definition) is 4. The predicted octanol–water partition coefficient (Wildman–Crippen LogP) is 8.58. The lowest BCUT2D eigenvalue weighted by atomic mass is 9.80. The highest BCUT2D eigenvalue weighted by Gasteiger charge is 2.40. The van der Waals surface area contributed by atoms with Gasteiger partial charge in [0.1, 0.15) is 17.9 Å². The number of unbranched alkanes of at least 4 members (excludes halogenated alkanes) is 1. The summed E-state index contributed by atoms with van der Waals surface area (Å²) in [5, 5.41) is 2.15. The van der Waals surface area contributed by atoms with Crippen molar-refractivity contribution in [2.45, 2.75) is 71.4 Å². The Bertz CT molecular complexity index is 2070. The minimum absolute atomic E-state index is 0.191. The smallest absolute Gasteiger partial charge is 0.397 e. The molecule has 9 heteroatoms. The molecule has 0 spiro atoms. The van der Waals surface area contributed by atoms with Gasteiger partial charge in [-0.3, -0.25) is 14.2 Å². The number of amides is 1. The molecular formula is C39H39F3N4O2. The fourth-order valence-corrected chi connectivity index (χ4v) is 7.04. The molecule has 0 radical (unpaired) electrons. The van der Waals surface area contributed by atoms with Crippen LogP contribution in [0, 0.1) is 6.92 Å². The minimum atomic E-state index is -4.57. The van der Waals surface area contributed by atoms with Crippen LogP contribution in [0.2, 0.25) is 0 Å². The number of alkyl halides is 3. The zero-order valence-corrected chi connectivity index (χ0v) is 27.8. The first-order valence-electron chi connectivity index (χ1n) is 16.2. The van der Waals surface area contributed by atoms with E-state index in [1.807, 2.05) is 66.1 Å². The van der Waals surface area contributed by atoms with Crippen molar-refractivity contribution >= 4 is 28.4 Å². The number of nitrogens with one attached hydrogen (secondary N) is 1. The Morgan fingerprint density at radius 1 is 0.938 bits per heavy atom. The maximum absolute atomic E-state index is 15.0. The number of imidazole rings is 1. The highest BCUT2D eigenvalue weighted by Crippen LogP contribution is 2.50.